The van der Waals surface area contributed by atoms with Crippen LogP contribution >= 0.6 is 0 Å². The predicted molar refractivity (Wildman–Crippen MR) is 114 cm³/mol. The number of ether oxygens (including phenoxy) is 1. The summed E-state index contributed by atoms with van der Waals surface area (Å²) in [6.07, 6.45) is 2.88. The first-order chi connectivity index (χ1) is 14.9. The van der Waals surface area contributed by atoms with E-state index in [1.54, 1.807) is 35.5 Å². The molecule has 2 saturated heterocycles. The molecule has 2 aliphatic heterocycles. The van der Waals surface area contributed by atoms with Crippen LogP contribution in [0.25, 0.3) is 10.9 Å². The van der Waals surface area contributed by atoms with E-state index in [1.165, 1.54) is 6.07 Å². The Morgan fingerprint density at radius 3 is 2.68 bits per heavy atom. The summed E-state index contributed by atoms with van der Waals surface area (Å²) in [4.78, 5) is 0.265. The second-order valence-electron chi connectivity index (χ2n) is 8.71. The number of rotatable bonds is 5. The third-order valence-electron chi connectivity index (χ3n) is 6.45. The molecule has 6 rings (SSSR count). The molecule has 162 valence electrons. The Morgan fingerprint density at radius 1 is 1.16 bits per heavy atom. The molecule has 2 bridgehead atoms. The van der Waals surface area contributed by atoms with Gasteiger partial charge in [-0.15, -0.1) is 0 Å². The van der Waals surface area contributed by atoms with Gasteiger partial charge in [-0.25, -0.2) is 12.8 Å². The molecule has 0 radical (unpaired) electrons. The van der Waals surface area contributed by atoms with Crippen LogP contribution < -0.4 is 5.32 Å². The molecule has 1 aromatic heterocycles. The van der Waals surface area contributed by atoms with E-state index < -0.39 is 10.0 Å². The van der Waals surface area contributed by atoms with Crippen LogP contribution in [0.15, 0.2) is 41.3 Å². The van der Waals surface area contributed by atoms with Crippen LogP contribution in [-0.4, -0.2) is 47.8 Å². The van der Waals surface area contributed by atoms with E-state index >= 15 is 0 Å². The van der Waals surface area contributed by atoms with Gasteiger partial charge in [-0.05, 0) is 68.1 Å². The van der Waals surface area contributed by atoms with E-state index in [9.17, 15) is 12.8 Å². The predicted octanol–water partition coefficient (Wildman–Crippen LogP) is 3.72. The zero-order valence-electron chi connectivity index (χ0n) is 17.1. The lowest BCUT2D eigenvalue weighted by Gasteiger charge is -2.26. The first kappa shape index (κ1) is 19.2. The molecule has 2 aromatic carbocycles. The summed E-state index contributed by atoms with van der Waals surface area (Å²) >= 11 is 0. The first-order valence-corrected chi connectivity index (χ1v) is 12.0. The number of aromatic nitrogens is 2. The second kappa shape index (κ2) is 6.75. The second-order valence-corrected chi connectivity index (χ2v) is 10.6. The number of hydrogen-bond donors (Lipinski definition) is 1. The van der Waals surface area contributed by atoms with E-state index in [4.69, 9.17) is 9.84 Å². The Morgan fingerprint density at radius 2 is 2.00 bits per heavy atom. The Bertz CT molecular complexity index is 1300. The maximum Gasteiger partial charge on any atom is 0.243 e. The minimum Gasteiger partial charge on any atom is -0.375 e. The highest BCUT2D eigenvalue weighted by molar-refractivity contribution is 7.89. The van der Waals surface area contributed by atoms with Crippen molar-refractivity contribution in [2.45, 2.75) is 49.3 Å². The zero-order chi connectivity index (χ0) is 21.3. The quantitative estimate of drug-likeness (QED) is 0.652. The van der Waals surface area contributed by atoms with Crippen molar-refractivity contribution in [1.82, 2.24) is 14.1 Å². The maximum absolute atomic E-state index is 13.7. The zero-order valence-corrected chi connectivity index (χ0v) is 17.9. The van der Waals surface area contributed by atoms with Gasteiger partial charge >= 0.3 is 0 Å². The van der Waals surface area contributed by atoms with Crippen LogP contribution in [0.2, 0.25) is 0 Å². The highest BCUT2D eigenvalue weighted by Crippen LogP contribution is 2.40. The van der Waals surface area contributed by atoms with Gasteiger partial charge in [0.05, 0.1) is 35.2 Å². The largest absolute Gasteiger partial charge is 0.375 e. The summed E-state index contributed by atoms with van der Waals surface area (Å²) in [5.41, 5.74) is 2.14. The fraction of sp³-hybridized carbons (Fsp3) is 0.409. The molecule has 3 aromatic rings. The summed E-state index contributed by atoms with van der Waals surface area (Å²) < 4.78 is 49.5. The Labute approximate surface area is 179 Å². The number of fused-ring (bicyclic) bond motifs is 3. The number of benzene rings is 2. The van der Waals surface area contributed by atoms with Crippen molar-refractivity contribution in [3.05, 3.63) is 47.8 Å². The van der Waals surface area contributed by atoms with Crippen molar-refractivity contribution in [1.29, 1.82) is 0 Å². The minimum atomic E-state index is -3.62. The molecule has 1 aliphatic carbocycles. The van der Waals surface area contributed by atoms with Crippen molar-refractivity contribution >= 4 is 32.4 Å². The molecule has 9 heteroatoms. The van der Waals surface area contributed by atoms with E-state index in [2.05, 4.69) is 5.32 Å². The van der Waals surface area contributed by atoms with Gasteiger partial charge in [-0.3, -0.25) is 4.68 Å². The Balaban J connectivity index is 1.42. The van der Waals surface area contributed by atoms with Crippen LogP contribution in [0, 0.1) is 12.7 Å². The van der Waals surface area contributed by atoms with Gasteiger partial charge in [-0.2, -0.15) is 9.40 Å². The number of nitrogens with one attached hydrogen (secondary N) is 1. The third kappa shape index (κ3) is 3.14. The van der Waals surface area contributed by atoms with Gasteiger partial charge in [0.15, 0.2) is 5.82 Å². The van der Waals surface area contributed by atoms with Crippen molar-refractivity contribution in [3.8, 4) is 0 Å². The van der Waals surface area contributed by atoms with Crippen LogP contribution in [0.3, 0.4) is 0 Å². The summed E-state index contributed by atoms with van der Waals surface area (Å²) in [7, 11) is -3.62. The molecule has 1 N–H and O–H groups in total. The van der Waals surface area contributed by atoms with Gasteiger partial charge in [0.1, 0.15) is 5.82 Å². The molecule has 0 amide bonds. The summed E-state index contributed by atoms with van der Waals surface area (Å²) in [5.74, 6) is 0.312. The fourth-order valence-corrected chi connectivity index (χ4v) is 6.30. The Kier molecular flexibility index (Phi) is 4.19. The van der Waals surface area contributed by atoms with Crippen LogP contribution in [0.4, 0.5) is 15.9 Å². The summed E-state index contributed by atoms with van der Waals surface area (Å²) in [5, 5.41) is 8.75. The average molecular weight is 443 g/mol. The number of aryl methyl sites for hydroxylation is 1. The topological polar surface area (TPSA) is 76.5 Å². The molecular formula is C22H23FN4O3S. The van der Waals surface area contributed by atoms with E-state index in [0.29, 0.717) is 36.3 Å². The van der Waals surface area contributed by atoms with Crippen molar-refractivity contribution in [2.24, 2.45) is 0 Å². The SMILES string of the molecule is Cc1cc(Nc2nn(C3CC3)c3ccc(S(=O)(=O)N4C[C@@H]5C[C@H]4CO5)cc23)ccc1F. The van der Waals surface area contributed by atoms with Gasteiger partial charge in [-0.1, -0.05) is 0 Å². The van der Waals surface area contributed by atoms with Crippen LogP contribution in [0.1, 0.15) is 30.9 Å². The third-order valence-corrected chi connectivity index (χ3v) is 8.36. The molecule has 1 saturated carbocycles. The molecule has 3 fully saturated rings. The maximum atomic E-state index is 13.7. The van der Waals surface area contributed by atoms with Gasteiger partial charge < -0.3 is 10.1 Å². The monoisotopic (exact) mass is 442 g/mol. The van der Waals surface area contributed by atoms with Crippen LogP contribution in [0.5, 0.6) is 0 Å². The first-order valence-electron chi connectivity index (χ1n) is 10.6. The normalized spacial score (nSPS) is 23.7. The number of halogens is 1. The summed E-state index contributed by atoms with van der Waals surface area (Å²) in [6, 6.07) is 10.3. The number of sulfonamides is 1. The lowest BCUT2D eigenvalue weighted by Crippen LogP contribution is -2.41. The molecule has 7 nitrogen and oxygen atoms in total. The highest BCUT2D eigenvalue weighted by atomic mass is 32.2. The van der Waals surface area contributed by atoms with Gasteiger partial charge in [0, 0.05) is 17.6 Å². The van der Waals surface area contributed by atoms with E-state index in [0.717, 1.165) is 30.2 Å². The lowest BCUT2D eigenvalue weighted by atomic mass is 10.2. The molecule has 3 aliphatic rings. The lowest BCUT2D eigenvalue weighted by molar-refractivity contribution is 0.0608. The molecule has 31 heavy (non-hydrogen) atoms. The Hall–Kier alpha value is -2.49. The van der Waals surface area contributed by atoms with E-state index in [1.807, 2.05) is 10.7 Å². The van der Waals surface area contributed by atoms with E-state index in [-0.39, 0.29) is 22.9 Å². The van der Waals surface area contributed by atoms with Crippen molar-refractivity contribution < 1.29 is 17.5 Å². The molecule has 0 unspecified atom stereocenters. The number of anilines is 2. The minimum absolute atomic E-state index is 0.0000613. The standard InChI is InChI=1S/C22H23FN4O3S/c1-13-8-14(2-6-20(13)23)24-22-19-10-18(5-7-21(19)27(25-22)15-3-4-15)31(28,29)26-11-17-9-16(26)12-30-17/h2,5-8,10,15-17H,3-4,9,11-12H2,1H3,(H,24,25)/t16-,17-/m0/s1. The smallest absolute Gasteiger partial charge is 0.243 e. The van der Waals surface area contributed by atoms with Crippen LogP contribution in [-0.2, 0) is 14.8 Å². The van der Waals surface area contributed by atoms with Crippen molar-refractivity contribution in [3.63, 3.8) is 0 Å². The number of morpholine rings is 1. The number of nitrogens with zero attached hydrogens (tertiary/aromatic N) is 3. The fourth-order valence-electron chi connectivity index (χ4n) is 4.62. The molecule has 0 spiro atoms. The highest BCUT2D eigenvalue weighted by Gasteiger charge is 2.45. The number of hydrogen-bond acceptors (Lipinski definition) is 5. The molecule has 2 atom stereocenters. The average Bonchev–Trinajstić information content (AvgIpc) is 3.21. The van der Waals surface area contributed by atoms with Gasteiger partial charge in [0.25, 0.3) is 0 Å². The van der Waals surface area contributed by atoms with Crippen molar-refractivity contribution in [2.75, 3.05) is 18.5 Å². The molecular weight excluding hydrogens is 419 g/mol. The molecule has 3 heterocycles. The summed E-state index contributed by atoms with van der Waals surface area (Å²) in [6.45, 7) is 2.58. The van der Waals surface area contributed by atoms with Gasteiger partial charge in [0.2, 0.25) is 10.0 Å².